The summed E-state index contributed by atoms with van der Waals surface area (Å²) in [6.45, 7) is 8.52. The van der Waals surface area contributed by atoms with E-state index in [1.165, 1.54) is 25.7 Å². The first-order valence-corrected chi connectivity index (χ1v) is 15.5. The van der Waals surface area contributed by atoms with Gasteiger partial charge in [0.05, 0.1) is 14.1 Å². The third kappa shape index (κ3) is 6.19. The van der Waals surface area contributed by atoms with Gasteiger partial charge >= 0.3 is 12.1 Å². The van der Waals surface area contributed by atoms with E-state index in [4.69, 9.17) is 0 Å². The summed E-state index contributed by atoms with van der Waals surface area (Å²) >= 11 is 0. The van der Waals surface area contributed by atoms with Gasteiger partial charge in [0.2, 0.25) is 17.7 Å². The average molecular weight is 530 g/mol. The van der Waals surface area contributed by atoms with E-state index in [0.717, 1.165) is 12.8 Å². The summed E-state index contributed by atoms with van der Waals surface area (Å²) in [5.74, 6) is -4.10. The minimum Gasteiger partial charge on any atom is -0.350 e. The lowest BCUT2D eigenvalue weighted by Crippen LogP contribution is -2.59. The number of amides is 4. The SMILES string of the molecule is CC(C)(C)[C@H](NC(=O)C(F)(F)F)C(=O)N1C[Si](C)(C)C[C@H]1C(=O)N[C@H](C#N)C[C@@H]1CC2(CC2)NC1=O. The van der Waals surface area contributed by atoms with E-state index in [1.54, 1.807) is 0 Å². The predicted molar refractivity (Wildman–Crippen MR) is 126 cm³/mol. The number of rotatable bonds is 6. The molecule has 3 aliphatic rings. The largest absolute Gasteiger partial charge is 0.471 e. The van der Waals surface area contributed by atoms with Gasteiger partial charge in [-0.1, -0.05) is 33.9 Å². The fraction of sp³-hybridized carbons (Fsp3) is 0.783. The fourth-order valence-corrected chi connectivity index (χ4v) is 7.99. The molecule has 2 aliphatic heterocycles. The highest BCUT2D eigenvalue weighted by Gasteiger charge is 2.53. The van der Waals surface area contributed by atoms with E-state index >= 15 is 0 Å². The predicted octanol–water partition coefficient (Wildman–Crippen LogP) is 1.61. The second kappa shape index (κ2) is 9.35. The van der Waals surface area contributed by atoms with Gasteiger partial charge < -0.3 is 20.9 Å². The van der Waals surface area contributed by atoms with Crippen molar-refractivity contribution < 1.29 is 32.3 Å². The Labute approximate surface area is 209 Å². The van der Waals surface area contributed by atoms with E-state index in [-0.39, 0.29) is 24.0 Å². The summed E-state index contributed by atoms with van der Waals surface area (Å²) in [7, 11) is -2.13. The molecule has 3 N–H and O–H groups in total. The molecule has 13 heteroatoms. The highest BCUT2D eigenvalue weighted by Crippen LogP contribution is 2.46. The van der Waals surface area contributed by atoms with Gasteiger partial charge in [-0.25, -0.2) is 0 Å². The molecular formula is C23H34F3N5O4Si. The standard InChI is InChI=1S/C23H34F3N5O4Si/c1-21(2,3)16(29-20(35)23(24,25)26)19(34)31-12-36(4,5)11-15(31)18(33)28-14(10-27)8-13-9-22(6-7-22)30-17(13)32/h13-16H,6-9,11-12H2,1-5H3,(H,28,33)(H,29,35)(H,30,32)/t13-,14+,15+,16-/m1/s1. The Morgan fingerprint density at radius 2 is 1.83 bits per heavy atom. The summed E-state index contributed by atoms with van der Waals surface area (Å²) in [5.41, 5.74) is -1.23. The Balaban J connectivity index is 1.75. The van der Waals surface area contributed by atoms with Crippen molar-refractivity contribution in [3.05, 3.63) is 0 Å². The molecule has 2 saturated heterocycles. The highest BCUT2D eigenvalue weighted by atomic mass is 28.3. The zero-order valence-electron chi connectivity index (χ0n) is 21.2. The van der Waals surface area contributed by atoms with Gasteiger partial charge in [-0.3, -0.25) is 19.2 Å². The molecule has 4 amide bonds. The van der Waals surface area contributed by atoms with Crippen LogP contribution in [0, 0.1) is 22.7 Å². The van der Waals surface area contributed by atoms with Crippen LogP contribution >= 0.6 is 0 Å². The third-order valence-corrected chi connectivity index (χ3v) is 9.88. The molecule has 4 atom stereocenters. The van der Waals surface area contributed by atoms with Crippen LogP contribution in [0.1, 0.15) is 46.5 Å². The van der Waals surface area contributed by atoms with Crippen molar-refractivity contribution in [3.63, 3.8) is 0 Å². The van der Waals surface area contributed by atoms with Crippen LogP contribution in [0.15, 0.2) is 0 Å². The van der Waals surface area contributed by atoms with Gasteiger partial charge in [-0.05, 0) is 37.1 Å². The summed E-state index contributed by atoms with van der Waals surface area (Å²) in [4.78, 5) is 51.9. The molecule has 1 aliphatic carbocycles. The van der Waals surface area contributed by atoms with E-state index < -0.39 is 61.4 Å². The molecule has 200 valence electrons. The van der Waals surface area contributed by atoms with Gasteiger partial charge in [0.25, 0.3) is 0 Å². The Hall–Kier alpha value is -2.62. The number of carbonyl (C=O) groups excluding carboxylic acids is 4. The van der Waals surface area contributed by atoms with Crippen LogP contribution < -0.4 is 16.0 Å². The van der Waals surface area contributed by atoms with Gasteiger partial charge in [-0.15, -0.1) is 0 Å². The van der Waals surface area contributed by atoms with Crippen molar-refractivity contribution in [2.24, 2.45) is 11.3 Å². The molecular weight excluding hydrogens is 495 g/mol. The van der Waals surface area contributed by atoms with Gasteiger partial charge in [-0.2, -0.15) is 18.4 Å². The lowest BCUT2D eigenvalue weighted by Gasteiger charge is -2.36. The number of carbonyl (C=O) groups is 4. The minimum absolute atomic E-state index is 0.137. The number of hydrogen-bond acceptors (Lipinski definition) is 5. The van der Waals surface area contributed by atoms with E-state index in [2.05, 4.69) is 10.6 Å². The molecule has 36 heavy (non-hydrogen) atoms. The first kappa shape index (κ1) is 28.0. The molecule has 0 aromatic carbocycles. The van der Waals surface area contributed by atoms with Crippen LogP contribution in [0.5, 0.6) is 0 Å². The topological polar surface area (TPSA) is 131 Å². The van der Waals surface area contributed by atoms with Crippen molar-refractivity contribution in [3.8, 4) is 6.07 Å². The van der Waals surface area contributed by atoms with Crippen molar-refractivity contribution in [2.45, 2.75) is 95.4 Å². The molecule has 0 unspecified atom stereocenters. The number of nitrogens with zero attached hydrogens (tertiary/aromatic N) is 2. The fourth-order valence-electron chi connectivity index (χ4n) is 5.11. The molecule has 1 spiro atoms. The van der Waals surface area contributed by atoms with Crippen LogP contribution in [0.2, 0.25) is 19.1 Å². The Morgan fingerprint density at radius 1 is 1.22 bits per heavy atom. The Morgan fingerprint density at radius 3 is 2.31 bits per heavy atom. The smallest absolute Gasteiger partial charge is 0.350 e. The van der Waals surface area contributed by atoms with Crippen molar-refractivity contribution in [1.29, 1.82) is 5.26 Å². The maximum absolute atomic E-state index is 13.5. The molecule has 1 saturated carbocycles. The number of alkyl halides is 3. The second-order valence-electron chi connectivity index (χ2n) is 12.2. The summed E-state index contributed by atoms with van der Waals surface area (Å²) in [5, 5.41) is 17.1. The third-order valence-electron chi connectivity index (χ3n) is 7.19. The second-order valence-corrected chi connectivity index (χ2v) is 17.3. The maximum Gasteiger partial charge on any atom is 0.471 e. The molecule has 0 radical (unpaired) electrons. The highest BCUT2D eigenvalue weighted by molar-refractivity contribution is 6.79. The molecule has 3 fully saturated rings. The Bertz CT molecular complexity index is 984. The molecule has 0 aromatic heterocycles. The number of nitrogens with one attached hydrogen (secondary N) is 3. The van der Waals surface area contributed by atoms with Crippen molar-refractivity contribution >= 4 is 31.7 Å². The van der Waals surface area contributed by atoms with Crippen LogP contribution in [0.3, 0.4) is 0 Å². The molecule has 2 heterocycles. The first-order chi connectivity index (χ1) is 16.4. The van der Waals surface area contributed by atoms with E-state index in [0.29, 0.717) is 12.5 Å². The van der Waals surface area contributed by atoms with Crippen LogP contribution in [-0.4, -0.2) is 72.6 Å². The van der Waals surface area contributed by atoms with Crippen LogP contribution in [0.25, 0.3) is 0 Å². The number of hydrogen-bond donors (Lipinski definition) is 3. The van der Waals surface area contributed by atoms with Crippen LogP contribution in [0.4, 0.5) is 13.2 Å². The summed E-state index contributed by atoms with van der Waals surface area (Å²) < 4.78 is 38.8. The lowest BCUT2D eigenvalue weighted by atomic mass is 9.85. The maximum atomic E-state index is 13.5. The molecule has 0 bridgehead atoms. The van der Waals surface area contributed by atoms with Crippen molar-refractivity contribution in [1.82, 2.24) is 20.9 Å². The number of halogens is 3. The lowest BCUT2D eigenvalue weighted by molar-refractivity contribution is -0.176. The number of nitriles is 1. The van der Waals surface area contributed by atoms with E-state index in [1.807, 2.05) is 24.5 Å². The zero-order valence-corrected chi connectivity index (χ0v) is 22.2. The average Bonchev–Trinajstić information content (AvgIpc) is 3.29. The minimum atomic E-state index is -5.16. The first-order valence-electron chi connectivity index (χ1n) is 12.1. The van der Waals surface area contributed by atoms with E-state index in [9.17, 15) is 37.6 Å². The quantitative estimate of drug-likeness (QED) is 0.450. The molecule has 9 nitrogen and oxygen atoms in total. The zero-order chi connectivity index (χ0) is 27.3. The van der Waals surface area contributed by atoms with Gasteiger partial charge in [0.1, 0.15) is 18.1 Å². The van der Waals surface area contributed by atoms with Crippen LogP contribution in [-0.2, 0) is 19.2 Å². The summed E-state index contributed by atoms with van der Waals surface area (Å²) in [6.07, 6.45) is -2.38. The van der Waals surface area contributed by atoms with Gasteiger partial charge in [0, 0.05) is 17.6 Å². The van der Waals surface area contributed by atoms with Crippen molar-refractivity contribution in [2.75, 3.05) is 6.17 Å². The molecule has 0 aromatic rings. The monoisotopic (exact) mass is 529 g/mol. The summed E-state index contributed by atoms with van der Waals surface area (Å²) in [6, 6.07) is -1.05. The molecule has 3 rings (SSSR count). The Kier molecular flexibility index (Phi) is 7.26. The normalized spacial score (nSPS) is 26.1. The van der Waals surface area contributed by atoms with Gasteiger partial charge in [0.15, 0.2) is 0 Å².